The van der Waals surface area contributed by atoms with Crippen LogP contribution in [0.1, 0.15) is 40.4 Å². The SMILES string of the molecule is CC[C@]1(c2ccc(C(=O)N3CCN(c4ccc(C)cc4C)CC3)cc2)NC(=O)NC1=O. The van der Waals surface area contributed by atoms with Gasteiger partial charge in [-0.2, -0.15) is 0 Å². The van der Waals surface area contributed by atoms with Crippen LogP contribution in [0.15, 0.2) is 42.5 Å². The van der Waals surface area contributed by atoms with Crippen molar-refractivity contribution < 1.29 is 14.4 Å². The highest BCUT2D eigenvalue weighted by Gasteiger charge is 2.46. The smallest absolute Gasteiger partial charge is 0.322 e. The number of carbonyl (C=O) groups is 3. The van der Waals surface area contributed by atoms with Crippen molar-refractivity contribution in [2.75, 3.05) is 31.1 Å². The van der Waals surface area contributed by atoms with Crippen LogP contribution in [0.4, 0.5) is 10.5 Å². The van der Waals surface area contributed by atoms with Crippen LogP contribution < -0.4 is 15.5 Å². The Morgan fingerprint density at radius 2 is 1.68 bits per heavy atom. The van der Waals surface area contributed by atoms with Crippen molar-refractivity contribution in [1.82, 2.24) is 15.5 Å². The molecule has 2 fully saturated rings. The molecule has 2 saturated heterocycles. The maximum absolute atomic E-state index is 13.0. The Hall–Kier alpha value is -3.35. The topological polar surface area (TPSA) is 81.8 Å². The zero-order valence-electron chi connectivity index (χ0n) is 18.2. The van der Waals surface area contributed by atoms with Crippen molar-refractivity contribution in [2.24, 2.45) is 0 Å². The molecule has 7 nitrogen and oxygen atoms in total. The molecule has 31 heavy (non-hydrogen) atoms. The molecule has 7 heteroatoms. The standard InChI is InChI=1S/C24H28N4O3/c1-4-24(22(30)25-23(31)26-24)19-8-6-18(7-9-19)21(29)28-13-11-27(12-14-28)20-10-5-16(2)15-17(20)3/h5-10,15H,4,11-14H2,1-3H3,(H2,25,26,30,31)/t24-/m1/s1. The molecule has 0 bridgehead atoms. The monoisotopic (exact) mass is 420 g/mol. The lowest BCUT2D eigenvalue weighted by atomic mass is 9.87. The van der Waals surface area contributed by atoms with Gasteiger partial charge in [-0.05, 0) is 49.6 Å². The lowest BCUT2D eigenvalue weighted by Crippen LogP contribution is -2.49. The van der Waals surface area contributed by atoms with Crippen LogP contribution >= 0.6 is 0 Å². The van der Waals surface area contributed by atoms with E-state index in [-0.39, 0.29) is 11.8 Å². The number of nitrogens with zero attached hydrogens (tertiary/aromatic N) is 2. The van der Waals surface area contributed by atoms with Gasteiger partial charge in [0, 0.05) is 37.4 Å². The summed E-state index contributed by atoms with van der Waals surface area (Å²) in [6, 6.07) is 13.0. The molecule has 0 aromatic heterocycles. The molecule has 0 spiro atoms. The van der Waals surface area contributed by atoms with E-state index >= 15 is 0 Å². The van der Waals surface area contributed by atoms with Crippen LogP contribution in [0.5, 0.6) is 0 Å². The molecule has 2 heterocycles. The Balaban J connectivity index is 1.44. The molecule has 162 valence electrons. The van der Waals surface area contributed by atoms with E-state index in [1.54, 1.807) is 24.3 Å². The van der Waals surface area contributed by atoms with Crippen LogP contribution in [-0.2, 0) is 10.3 Å². The molecule has 2 aromatic rings. The van der Waals surface area contributed by atoms with Gasteiger partial charge in [0.25, 0.3) is 11.8 Å². The Kier molecular flexibility index (Phi) is 5.43. The number of piperazine rings is 1. The van der Waals surface area contributed by atoms with E-state index in [2.05, 4.69) is 47.6 Å². The summed E-state index contributed by atoms with van der Waals surface area (Å²) in [5.74, 6) is -0.376. The summed E-state index contributed by atoms with van der Waals surface area (Å²) in [5, 5.41) is 5.03. The minimum Gasteiger partial charge on any atom is -0.368 e. The highest BCUT2D eigenvalue weighted by molar-refractivity contribution is 6.07. The Morgan fingerprint density at radius 3 is 2.23 bits per heavy atom. The van der Waals surface area contributed by atoms with Gasteiger partial charge in [-0.3, -0.25) is 14.9 Å². The second kappa shape index (κ2) is 8.06. The third kappa shape index (κ3) is 3.76. The first-order chi connectivity index (χ1) is 14.8. The average Bonchev–Trinajstić information content (AvgIpc) is 3.07. The summed E-state index contributed by atoms with van der Waals surface area (Å²) in [6.07, 6.45) is 0.429. The van der Waals surface area contributed by atoms with Gasteiger partial charge < -0.3 is 15.1 Å². The quantitative estimate of drug-likeness (QED) is 0.746. The summed E-state index contributed by atoms with van der Waals surface area (Å²) in [5.41, 5.74) is 3.91. The van der Waals surface area contributed by atoms with E-state index in [0.29, 0.717) is 30.6 Å². The first-order valence-corrected chi connectivity index (χ1v) is 10.7. The van der Waals surface area contributed by atoms with Gasteiger partial charge in [-0.1, -0.05) is 36.8 Å². The van der Waals surface area contributed by atoms with E-state index in [4.69, 9.17) is 0 Å². The summed E-state index contributed by atoms with van der Waals surface area (Å²) in [6.45, 7) is 8.96. The Morgan fingerprint density at radius 1 is 1.00 bits per heavy atom. The molecule has 2 N–H and O–H groups in total. The molecule has 2 aliphatic heterocycles. The second-order valence-electron chi connectivity index (χ2n) is 8.31. The zero-order valence-corrected chi connectivity index (χ0v) is 18.2. The first kappa shape index (κ1) is 20.9. The number of hydrogen-bond donors (Lipinski definition) is 2. The number of urea groups is 1. The fourth-order valence-corrected chi connectivity index (χ4v) is 4.54. The first-order valence-electron chi connectivity index (χ1n) is 10.7. The predicted molar refractivity (Wildman–Crippen MR) is 119 cm³/mol. The largest absolute Gasteiger partial charge is 0.368 e. The predicted octanol–water partition coefficient (Wildman–Crippen LogP) is 2.71. The number of benzene rings is 2. The fourth-order valence-electron chi connectivity index (χ4n) is 4.54. The van der Waals surface area contributed by atoms with Crippen molar-refractivity contribution in [3.63, 3.8) is 0 Å². The van der Waals surface area contributed by atoms with Gasteiger partial charge in [-0.25, -0.2) is 4.79 Å². The van der Waals surface area contributed by atoms with Crippen LogP contribution in [0.25, 0.3) is 0 Å². The van der Waals surface area contributed by atoms with Crippen molar-refractivity contribution in [2.45, 2.75) is 32.7 Å². The number of imide groups is 1. The Bertz CT molecular complexity index is 1030. The lowest BCUT2D eigenvalue weighted by Gasteiger charge is -2.37. The van der Waals surface area contributed by atoms with Gasteiger partial charge in [0.15, 0.2) is 0 Å². The molecule has 0 radical (unpaired) electrons. The normalized spacial score (nSPS) is 21.1. The summed E-state index contributed by atoms with van der Waals surface area (Å²) in [4.78, 5) is 41.2. The molecule has 0 saturated carbocycles. The molecular weight excluding hydrogens is 392 g/mol. The third-order valence-corrected chi connectivity index (χ3v) is 6.36. The molecule has 4 rings (SSSR count). The van der Waals surface area contributed by atoms with Gasteiger partial charge >= 0.3 is 6.03 Å². The molecule has 2 aromatic carbocycles. The van der Waals surface area contributed by atoms with E-state index in [1.807, 2.05) is 11.8 Å². The molecule has 1 atom stereocenters. The number of aryl methyl sites for hydroxylation is 2. The lowest BCUT2D eigenvalue weighted by molar-refractivity contribution is -0.124. The van der Waals surface area contributed by atoms with Crippen molar-refractivity contribution in [1.29, 1.82) is 0 Å². The summed E-state index contributed by atoms with van der Waals surface area (Å²) in [7, 11) is 0. The highest BCUT2D eigenvalue weighted by Crippen LogP contribution is 2.29. The second-order valence-corrected chi connectivity index (χ2v) is 8.31. The van der Waals surface area contributed by atoms with E-state index in [1.165, 1.54) is 16.8 Å². The van der Waals surface area contributed by atoms with Crippen LogP contribution in [0, 0.1) is 13.8 Å². The maximum atomic E-state index is 13.0. The third-order valence-electron chi connectivity index (χ3n) is 6.36. The van der Waals surface area contributed by atoms with Gasteiger partial charge in [0.1, 0.15) is 5.54 Å². The van der Waals surface area contributed by atoms with Crippen LogP contribution in [0.2, 0.25) is 0 Å². The van der Waals surface area contributed by atoms with Crippen molar-refractivity contribution >= 4 is 23.5 Å². The average molecular weight is 421 g/mol. The number of rotatable bonds is 4. The molecule has 4 amide bonds. The van der Waals surface area contributed by atoms with Gasteiger partial charge in [0.2, 0.25) is 0 Å². The molecular formula is C24H28N4O3. The molecule has 0 aliphatic carbocycles. The minimum atomic E-state index is -1.07. The number of nitrogens with one attached hydrogen (secondary N) is 2. The zero-order chi connectivity index (χ0) is 22.2. The number of carbonyl (C=O) groups excluding carboxylic acids is 3. The molecule has 0 unspecified atom stereocenters. The number of anilines is 1. The number of amides is 4. The van der Waals surface area contributed by atoms with Crippen LogP contribution in [0.3, 0.4) is 0 Å². The Labute approximate surface area is 182 Å². The van der Waals surface area contributed by atoms with Crippen molar-refractivity contribution in [3.8, 4) is 0 Å². The summed E-state index contributed by atoms with van der Waals surface area (Å²) >= 11 is 0. The molecule has 2 aliphatic rings. The van der Waals surface area contributed by atoms with Crippen LogP contribution in [-0.4, -0.2) is 48.9 Å². The van der Waals surface area contributed by atoms with E-state index in [9.17, 15) is 14.4 Å². The van der Waals surface area contributed by atoms with Gasteiger partial charge in [-0.15, -0.1) is 0 Å². The van der Waals surface area contributed by atoms with Crippen molar-refractivity contribution in [3.05, 3.63) is 64.7 Å². The van der Waals surface area contributed by atoms with E-state index in [0.717, 1.165) is 13.1 Å². The van der Waals surface area contributed by atoms with Gasteiger partial charge in [0.05, 0.1) is 0 Å². The minimum absolute atomic E-state index is 0.0164. The fraction of sp³-hybridized carbons (Fsp3) is 0.375. The maximum Gasteiger partial charge on any atom is 0.322 e. The van der Waals surface area contributed by atoms with E-state index < -0.39 is 11.6 Å². The number of hydrogen-bond acceptors (Lipinski definition) is 4. The summed E-state index contributed by atoms with van der Waals surface area (Å²) < 4.78 is 0. The highest BCUT2D eigenvalue weighted by atomic mass is 16.2.